The molecule has 76 valence electrons. The third-order valence-corrected chi connectivity index (χ3v) is 2.32. The highest BCUT2D eigenvalue weighted by atomic mass is 16.6. The van der Waals surface area contributed by atoms with Gasteiger partial charge in [0.25, 0.3) is 0 Å². The topological polar surface area (TPSA) is 52.3 Å². The number of nitrogens with two attached hydrogens (primary N) is 1. The third kappa shape index (κ3) is 2.44. The van der Waals surface area contributed by atoms with E-state index in [4.69, 9.17) is 10.5 Å². The lowest BCUT2D eigenvalue weighted by Crippen LogP contribution is -2.50. The fraction of sp³-hybridized carbons (Fsp3) is 0.900. The van der Waals surface area contributed by atoms with E-state index in [0.717, 1.165) is 12.8 Å². The number of ether oxygens (including phenoxy) is 1. The Morgan fingerprint density at radius 1 is 1.46 bits per heavy atom. The van der Waals surface area contributed by atoms with Crippen LogP contribution in [-0.2, 0) is 9.53 Å². The first-order valence-electron chi connectivity index (χ1n) is 4.72. The Balaban J connectivity index is 2.50. The Labute approximate surface area is 79.6 Å². The van der Waals surface area contributed by atoms with E-state index in [2.05, 4.69) is 0 Å². The van der Waals surface area contributed by atoms with E-state index >= 15 is 0 Å². The number of esters is 1. The molecule has 0 heterocycles. The first-order chi connectivity index (χ1) is 5.73. The molecule has 0 radical (unpaired) electrons. The Kier molecular flexibility index (Phi) is 2.41. The van der Waals surface area contributed by atoms with E-state index in [1.54, 1.807) is 0 Å². The molecule has 3 nitrogen and oxygen atoms in total. The number of rotatable bonds is 1. The quantitative estimate of drug-likeness (QED) is 0.629. The van der Waals surface area contributed by atoms with Gasteiger partial charge in [0.05, 0.1) is 5.41 Å². The van der Waals surface area contributed by atoms with Crippen LogP contribution in [0.15, 0.2) is 0 Å². The van der Waals surface area contributed by atoms with Crippen molar-refractivity contribution in [1.29, 1.82) is 0 Å². The Morgan fingerprint density at radius 2 is 1.92 bits per heavy atom. The first kappa shape index (κ1) is 10.5. The first-order valence-corrected chi connectivity index (χ1v) is 4.72. The highest BCUT2D eigenvalue weighted by Gasteiger charge is 2.46. The van der Waals surface area contributed by atoms with Gasteiger partial charge in [-0.05, 0) is 40.5 Å². The lowest BCUT2D eigenvalue weighted by Gasteiger charge is -2.42. The van der Waals surface area contributed by atoms with E-state index in [1.807, 2.05) is 27.7 Å². The molecule has 1 aliphatic carbocycles. The van der Waals surface area contributed by atoms with Crippen molar-refractivity contribution in [2.75, 3.05) is 0 Å². The lowest BCUT2D eigenvalue weighted by atomic mass is 9.67. The molecule has 0 unspecified atom stereocenters. The molecule has 0 atom stereocenters. The van der Waals surface area contributed by atoms with Crippen LogP contribution in [0.25, 0.3) is 0 Å². The van der Waals surface area contributed by atoms with Gasteiger partial charge in [0, 0.05) is 6.04 Å². The SMILES string of the molecule is CC(C)(C)OC(=O)C1(C)CC(N)C1. The van der Waals surface area contributed by atoms with Gasteiger partial charge in [0.15, 0.2) is 0 Å². The summed E-state index contributed by atoms with van der Waals surface area (Å²) in [4.78, 5) is 11.6. The average molecular weight is 185 g/mol. The molecular weight excluding hydrogens is 166 g/mol. The van der Waals surface area contributed by atoms with Gasteiger partial charge in [0.1, 0.15) is 5.60 Å². The maximum atomic E-state index is 11.6. The maximum absolute atomic E-state index is 11.6. The predicted octanol–water partition coefficient (Wildman–Crippen LogP) is 1.46. The van der Waals surface area contributed by atoms with Gasteiger partial charge in [0.2, 0.25) is 0 Å². The predicted molar refractivity (Wildman–Crippen MR) is 51.2 cm³/mol. The van der Waals surface area contributed by atoms with Crippen LogP contribution in [0.5, 0.6) is 0 Å². The highest BCUT2D eigenvalue weighted by molar-refractivity contribution is 5.78. The third-order valence-electron chi connectivity index (χ3n) is 2.32. The van der Waals surface area contributed by atoms with Gasteiger partial charge in [-0.1, -0.05) is 0 Å². The molecule has 0 aromatic carbocycles. The molecular formula is C10H19NO2. The zero-order valence-electron chi connectivity index (χ0n) is 8.89. The minimum absolute atomic E-state index is 0.110. The molecule has 1 aliphatic rings. The van der Waals surface area contributed by atoms with Gasteiger partial charge in [-0.15, -0.1) is 0 Å². The van der Waals surface area contributed by atoms with Crippen LogP contribution in [0, 0.1) is 5.41 Å². The summed E-state index contributed by atoms with van der Waals surface area (Å²) in [5.74, 6) is -0.110. The minimum atomic E-state index is -0.389. The van der Waals surface area contributed by atoms with E-state index in [9.17, 15) is 4.79 Å². The van der Waals surface area contributed by atoms with E-state index < -0.39 is 0 Å². The highest BCUT2D eigenvalue weighted by Crippen LogP contribution is 2.41. The fourth-order valence-electron chi connectivity index (χ4n) is 1.67. The van der Waals surface area contributed by atoms with Crippen LogP contribution >= 0.6 is 0 Å². The summed E-state index contributed by atoms with van der Waals surface area (Å²) in [6.45, 7) is 7.57. The zero-order chi connectivity index (χ0) is 10.3. The number of carbonyl (C=O) groups excluding carboxylic acids is 1. The second-order valence-corrected chi connectivity index (χ2v) is 5.23. The average Bonchev–Trinajstić information content (AvgIpc) is 1.80. The smallest absolute Gasteiger partial charge is 0.312 e. The van der Waals surface area contributed by atoms with Crippen molar-refractivity contribution in [3.63, 3.8) is 0 Å². The van der Waals surface area contributed by atoms with Crippen LogP contribution in [0.1, 0.15) is 40.5 Å². The van der Waals surface area contributed by atoms with Gasteiger partial charge in [-0.2, -0.15) is 0 Å². The summed E-state index contributed by atoms with van der Waals surface area (Å²) >= 11 is 0. The van der Waals surface area contributed by atoms with E-state index in [-0.39, 0.29) is 23.0 Å². The number of hydrogen-bond donors (Lipinski definition) is 1. The maximum Gasteiger partial charge on any atom is 0.312 e. The van der Waals surface area contributed by atoms with Crippen LogP contribution < -0.4 is 5.73 Å². The van der Waals surface area contributed by atoms with Crippen molar-refractivity contribution < 1.29 is 9.53 Å². The van der Waals surface area contributed by atoms with E-state index in [1.165, 1.54) is 0 Å². The Hall–Kier alpha value is -0.570. The molecule has 0 amide bonds. The van der Waals surface area contributed by atoms with Crippen molar-refractivity contribution in [3.8, 4) is 0 Å². The zero-order valence-corrected chi connectivity index (χ0v) is 8.89. The van der Waals surface area contributed by atoms with Gasteiger partial charge in [-0.3, -0.25) is 4.79 Å². The molecule has 13 heavy (non-hydrogen) atoms. The van der Waals surface area contributed by atoms with Crippen molar-refractivity contribution >= 4 is 5.97 Å². The molecule has 2 N–H and O–H groups in total. The second kappa shape index (κ2) is 2.98. The molecule has 0 bridgehead atoms. The van der Waals surface area contributed by atoms with Crippen LogP contribution in [0.2, 0.25) is 0 Å². The van der Waals surface area contributed by atoms with Crippen molar-refractivity contribution in [3.05, 3.63) is 0 Å². The van der Waals surface area contributed by atoms with Crippen molar-refractivity contribution in [2.24, 2.45) is 11.1 Å². The van der Waals surface area contributed by atoms with Crippen LogP contribution in [0.4, 0.5) is 0 Å². The fourth-order valence-corrected chi connectivity index (χ4v) is 1.67. The van der Waals surface area contributed by atoms with Crippen molar-refractivity contribution in [2.45, 2.75) is 52.2 Å². The molecule has 0 aromatic heterocycles. The Bertz CT molecular complexity index is 211. The molecule has 0 spiro atoms. The minimum Gasteiger partial charge on any atom is -0.460 e. The van der Waals surface area contributed by atoms with E-state index in [0.29, 0.717) is 0 Å². The van der Waals surface area contributed by atoms with Crippen LogP contribution in [0.3, 0.4) is 0 Å². The monoisotopic (exact) mass is 185 g/mol. The summed E-state index contributed by atoms with van der Waals surface area (Å²) in [5, 5.41) is 0. The summed E-state index contributed by atoms with van der Waals surface area (Å²) in [7, 11) is 0. The van der Waals surface area contributed by atoms with Gasteiger partial charge in [-0.25, -0.2) is 0 Å². The van der Waals surface area contributed by atoms with Crippen LogP contribution in [-0.4, -0.2) is 17.6 Å². The molecule has 1 fully saturated rings. The lowest BCUT2D eigenvalue weighted by molar-refractivity contribution is -0.172. The Morgan fingerprint density at radius 3 is 2.23 bits per heavy atom. The standard InChI is InChI=1S/C10H19NO2/c1-9(2,3)13-8(12)10(4)5-7(11)6-10/h7H,5-6,11H2,1-4H3. The summed E-state index contributed by atoms with van der Waals surface area (Å²) < 4.78 is 5.30. The normalized spacial score (nSPS) is 33.8. The summed E-state index contributed by atoms with van der Waals surface area (Å²) in [6.07, 6.45) is 1.50. The summed E-state index contributed by atoms with van der Waals surface area (Å²) in [5.41, 5.74) is 4.93. The number of hydrogen-bond acceptors (Lipinski definition) is 3. The van der Waals surface area contributed by atoms with Gasteiger partial charge < -0.3 is 10.5 Å². The molecule has 3 heteroatoms. The molecule has 1 saturated carbocycles. The van der Waals surface area contributed by atoms with Gasteiger partial charge >= 0.3 is 5.97 Å². The largest absolute Gasteiger partial charge is 0.460 e. The summed E-state index contributed by atoms with van der Waals surface area (Å²) in [6, 6.07) is 0.178. The molecule has 0 aliphatic heterocycles. The second-order valence-electron chi connectivity index (χ2n) is 5.23. The molecule has 1 rings (SSSR count). The number of carbonyl (C=O) groups is 1. The van der Waals surface area contributed by atoms with Crippen molar-refractivity contribution in [1.82, 2.24) is 0 Å². The molecule has 0 aromatic rings. The molecule has 0 saturated heterocycles.